The van der Waals surface area contributed by atoms with Crippen LogP contribution < -0.4 is 80.4 Å². The second kappa shape index (κ2) is 11.0. The van der Waals surface area contributed by atoms with Crippen LogP contribution in [0.4, 0.5) is 5.69 Å². The minimum absolute atomic E-state index is 0. The van der Waals surface area contributed by atoms with Crippen LogP contribution in [0.1, 0.15) is 23.2 Å². The van der Waals surface area contributed by atoms with Crippen molar-refractivity contribution in [2.24, 2.45) is 5.73 Å². The van der Waals surface area contributed by atoms with Gasteiger partial charge >= 0.3 is 65.1 Å². The zero-order valence-corrected chi connectivity index (χ0v) is 16.3. The molecule has 1 aromatic carbocycles. The summed E-state index contributed by atoms with van der Waals surface area (Å²) in [6.07, 6.45) is -0.478. The molecule has 0 aromatic heterocycles. The first-order valence-corrected chi connectivity index (χ1v) is 5.62. The number of carboxylic acids is 2. The number of hydrogen-bond donors (Lipinski definition) is 3. The predicted octanol–water partition coefficient (Wildman–Crippen LogP) is -7.74. The van der Waals surface area contributed by atoms with Gasteiger partial charge in [0.25, 0.3) is 0 Å². The SMILES string of the molecule is NC(CCC(=O)[O-])C(=O)Nc1ccc([O-])c(C(=O)O)c1.[Na+].[Na+]. The largest absolute Gasteiger partial charge is 1.00 e. The van der Waals surface area contributed by atoms with Crippen LogP contribution in [0.15, 0.2) is 18.2 Å². The van der Waals surface area contributed by atoms with E-state index < -0.39 is 35.2 Å². The minimum Gasteiger partial charge on any atom is -0.872 e. The van der Waals surface area contributed by atoms with Crippen LogP contribution in [0, 0.1) is 0 Å². The molecular formula is C12H12N2Na2O6. The molecule has 108 valence electrons. The number of carbonyl (C=O) groups is 3. The molecule has 0 fully saturated rings. The van der Waals surface area contributed by atoms with Gasteiger partial charge in [-0.15, -0.1) is 0 Å². The topological polar surface area (TPSA) is 156 Å². The van der Waals surface area contributed by atoms with E-state index in [1.165, 1.54) is 6.07 Å². The van der Waals surface area contributed by atoms with E-state index in [4.69, 9.17) is 10.8 Å². The molecule has 0 saturated heterocycles. The fourth-order valence-corrected chi connectivity index (χ4v) is 1.41. The van der Waals surface area contributed by atoms with Crippen molar-refractivity contribution in [1.29, 1.82) is 0 Å². The Labute approximate surface area is 170 Å². The van der Waals surface area contributed by atoms with Gasteiger partial charge in [0.2, 0.25) is 5.91 Å². The third-order valence-corrected chi connectivity index (χ3v) is 2.47. The number of aliphatic carboxylic acids is 1. The van der Waals surface area contributed by atoms with E-state index in [0.29, 0.717) is 0 Å². The molecule has 0 bridgehead atoms. The monoisotopic (exact) mass is 326 g/mol. The molecule has 0 heterocycles. The van der Waals surface area contributed by atoms with Gasteiger partial charge in [0.1, 0.15) is 0 Å². The number of hydrogen-bond acceptors (Lipinski definition) is 6. The van der Waals surface area contributed by atoms with Gasteiger partial charge in [-0.1, -0.05) is 11.8 Å². The molecule has 1 aromatic rings. The summed E-state index contributed by atoms with van der Waals surface area (Å²) in [6.45, 7) is 0. The number of amides is 1. The Balaban J connectivity index is 0. The third kappa shape index (κ3) is 7.59. The van der Waals surface area contributed by atoms with E-state index in [0.717, 1.165) is 12.1 Å². The van der Waals surface area contributed by atoms with Crippen molar-refractivity contribution in [2.75, 3.05) is 5.32 Å². The van der Waals surface area contributed by atoms with Crippen LogP contribution in [0.5, 0.6) is 5.75 Å². The van der Waals surface area contributed by atoms with Crippen molar-refractivity contribution in [3.63, 3.8) is 0 Å². The Hall–Kier alpha value is -0.610. The first-order valence-electron chi connectivity index (χ1n) is 5.62. The van der Waals surface area contributed by atoms with E-state index in [2.05, 4.69) is 5.32 Å². The summed E-state index contributed by atoms with van der Waals surface area (Å²) in [5.74, 6) is -4.09. The summed E-state index contributed by atoms with van der Waals surface area (Å²) in [6, 6.07) is 2.17. The van der Waals surface area contributed by atoms with Crippen LogP contribution in [-0.4, -0.2) is 29.0 Å². The second-order valence-electron chi connectivity index (χ2n) is 4.02. The molecule has 0 aliphatic rings. The molecule has 0 radical (unpaired) electrons. The molecule has 0 saturated carbocycles. The Morgan fingerprint density at radius 2 is 1.86 bits per heavy atom. The number of rotatable bonds is 6. The summed E-state index contributed by atoms with van der Waals surface area (Å²) in [4.78, 5) is 32.6. The molecule has 0 spiro atoms. The third-order valence-electron chi connectivity index (χ3n) is 2.47. The van der Waals surface area contributed by atoms with E-state index in [1.807, 2.05) is 0 Å². The Bertz CT molecular complexity index is 552. The molecule has 1 amide bonds. The number of aromatic carboxylic acids is 1. The van der Waals surface area contributed by atoms with Crippen molar-refractivity contribution >= 4 is 23.5 Å². The van der Waals surface area contributed by atoms with Gasteiger partial charge in [0, 0.05) is 11.7 Å². The van der Waals surface area contributed by atoms with Gasteiger partial charge in [-0.05, 0) is 25.0 Å². The van der Waals surface area contributed by atoms with E-state index in [1.54, 1.807) is 0 Å². The van der Waals surface area contributed by atoms with Crippen LogP contribution >= 0.6 is 0 Å². The van der Waals surface area contributed by atoms with Crippen molar-refractivity contribution in [3.8, 4) is 5.75 Å². The molecule has 8 nitrogen and oxygen atoms in total. The second-order valence-corrected chi connectivity index (χ2v) is 4.02. The molecule has 0 aliphatic carbocycles. The number of anilines is 1. The maximum atomic E-state index is 11.6. The number of carbonyl (C=O) groups excluding carboxylic acids is 2. The van der Waals surface area contributed by atoms with Crippen molar-refractivity contribution < 1.29 is 88.8 Å². The molecule has 22 heavy (non-hydrogen) atoms. The summed E-state index contributed by atoms with van der Waals surface area (Å²) in [7, 11) is 0. The number of benzene rings is 1. The summed E-state index contributed by atoms with van der Waals surface area (Å²) >= 11 is 0. The van der Waals surface area contributed by atoms with E-state index >= 15 is 0 Å². The normalized spacial score (nSPS) is 10.6. The zero-order valence-electron chi connectivity index (χ0n) is 12.3. The van der Waals surface area contributed by atoms with Gasteiger partial charge < -0.3 is 31.2 Å². The number of nitrogens with two attached hydrogens (primary N) is 1. The average Bonchev–Trinajstić information content (AvgIpc) is 2.37. The van der Waals surface area contributed by atoms with Crippen LogP contribution in [0.2, 0.25) is 0 Å². The molecule has 1 rings (SSSR count). The molecule has 1 atom stereocenters. The number of nitrogens with one attached hydrogen (secondary N) is 1. The quantitative estimate of drug-likeness (QED) is 0.438. The van der Waals surface area contributed by atoms with Gasteiger partial charge in [0.05, 0.1) is 11.6 Å². The van der Waals surface area contributed by atoms with Crippen LogP contribution in [0.25, 0.3) is 0 Å². The summed E-state index contributed by atoms with van der Waals surface area (Å²) in [5, 5.41) is 32.5. The van der Waals surface area contributed by atoms with Crippen LogP contribution in [0.3, 0.4) is 0 Å². The fourth-order valence-electron chi connectivity index (χ4n) is 1.41. The van der Waals surface area contributed by atoms with Gasteiger partial charge in [0.15, 0.2) is 0 Å². The van der Waals surface area contributed by atoms with E-state index in [-0.39, 0.29) is 77.6 Å². The standard InChI is InChI=1S/C12H14N2O6.2Na/c13-8(2-4-10(16)17)11(18)14-6-1-3-9(15)7(5-6)12(19)20;;/h1,3,5,8,15H,2,4,13H2,(H,14,18)(H,16,17)(H,19,20);;/q;2*+1/p-2. The summed E-state index contributed by atoms with van der Waals surface area (Å²) < 4.78 is 0. The fraction of sp³-hybridized carbons (Fsp3) is 0.250. The van der Waals surface area contributed by atoms with Crippen molar-refractivity contribution in [3.05, 3.63) is 23.8 Å². The van der Waals surface area contributed by atoms with E-state index in [9.17, 15) is 24.6 Å². The van der Waals surface area contributed by atoms with Gasteiger partial charge in [-0.25, -0.2) is 4.79 Å². The maximum absolute atomic E-state index is 11.6. The Kier molecular flexibility index (Phi) is 11.8. The maximum Gasteiger partial charge on any atom is 1.00 e. The summed E-state index contributed by atoms with van der Waals surface area (Å²) in [5.41, 5.74) is 5.07. The molecule has 10 heteroatoms. The van der Waals surface area contributed by atoms with Gasteiger partial charge in [-0.3, -0.25) is 4.79 Å². The smallest absolute Gasteiger partial charge is 0.872 e. The average molecular weight is 326 g/mol. The predicted molar refractivity (Wildman–Crippen MR) is 63.7 cm³/mol. The molecule has 1 unspecified atom stereocenters. The molecular weight excluding hydrogens is 314 g/mol. The minimum atomic E-state index is -1.41. The van der Waals surface area contributed by atoms with Gasteiger partial charge in [-0.2, -0.15) is 0 Å². The first-order chi connectivity index (χ1) is 9.31. The van der Waals surface area contributed by atoms with Crippen LogP contribution in [-0.2, 0) is 9.59 Å². The first kappa shape index (κ1) is 23.7. The molecule has 0 aliphatic heterocycles. The van der Waals surface area contributed by atoms with Crippen molar-refractivity contribution in [1.82, 2.24) is 0 Å². The number of carboxylic acid groups (broad SMARTS) is 2. The Morgan fingerprint density at radius 1 is 1.27 bits per heavy atom. The zero-order chi connectivity index (χ0) is 15.3. The molecule has 4 N–H and O–H groups in total. The Morgan fingerprint density at radius 3 is 2.36 bits per heavy atom. The van der Waals surface area contributed by atoms with Crippen molar-refractivity contribution in [2.45, 2.75) is 18.9 Å².